The van der Waals surface area contributed by atoms with Gasteiger partial charge in [0.05, 0.1) is 6.04 Å². The van der Waals surface area contributed by atoms with Gasteiger partial charge in [-0.3, -0.25) is 4.90 Å². The molecule has 0 aromatic heterocycles. The van der Waals surface area contributed by atoms with Crippen LogP contribution in [0, 0.1) is 0 Å². The molecule has 19 heavy (non-hydrogen) atoms. The standard InChI is InChI=1S/C15H22N2O2/c1-15(2,3)19-14(18)17-10-12(16)9-13(17)11-7-5-4-6-8-11/h4-8,12-13H,9-10,16H2,1-3H3/t12-,13+/m1/s1. The van der Waals surface area contributed by atoms with Crippen molar-refractivity contribution in [1.82, 2.24) is 4.90 Å². The molecule has 0 unspecified atom stereocenters. The van der Waals surface area contributed by atoms with E-state index >= 15 is 0 Å². The van der Waals surface area contributed by atoms with E-state index in [4.69, 9.17) is 10.5 Å². The summed E-state index contributed by atoms with van der Waals surface area (Å²) in [7, 11) is 0. The number of carbonyl (C=O) groups excluding carboxylic acids is 1. The average Bonchev–Trinajstić information content (AvgIpc) is 2.70. The van der Waals surface area contributed by atoms with Gasteiger partial charge in [-0.15, -0.1) is 0 Å². The van der Waals surface area contributed by atoms with Crippen LogP contribution >= 0.6 is 0 Å². The van der Waals surface area contributed by atoms with Crippen LogP contribution in [0.15, 0.2) is 30.3 Å². The van der Waals surface area contributed by atoms with Crippen molar-refractivity contribution in [2.24, 2.45) is 5.73 Å². The monoisotopic (exact) mass is 262 g/mol. The molecule has 1 heterocycles. The van der Waals surface area contributed by atoms with Crippen LogP contribution in [0.1, 0.15) is 38.8 Å². The molecule has 1 aromatic rings. The van der Waals surface area contributed by atoms with Crippen molar-refractivity contribution in [3.63, 3.8) is 0 Å². The van der Waals surface area contributed by atoms with E-state index in [2.05, 4.69) is 0 Å². The molecule has 1 fully saturated rings. The van der Waals surface area contributed by atoms with Crippen molar-refractivity contribution in [2.75, 3.05) is 6.54 Å². The Bertz CT molecular complexity index is 439. The summed E-state index contributed by atoms with van der Waals surface area (Å²) in [4.78, 5) is 14.0. The summed E-state index contributed by atoms with van der Waals surface area (Å²) in [5.41, 5.74) is 6.64. The molecular formula is C15H22N2O2. The molecule has 2 rings (SSSR count). The predicted molar refractivity (Wildman–Crippen MR) is 74.7 cm³/mol. The highest BCUT2D eigenvalue weighted by Crippen LogP contribution is 2.32. The highest BCUT2D eigenvalue weighted by Gasteiger charge is 2.36. The van der Waals surface area contributed by atoms with E-state index < -0.39 is 5.60 Å². The van der Waals surface area contributed by atoms with E-state index in [1.165, 1.54) is 0 Å². The van der Waals surface area contributed by atoms with Crippen LogP contribution in [0.5, 0.6) is 0 Å². The van der Waals surface area contributed by atoms with Crippen LogP contribution in [0.4, 0.5) is 4.79 Å². The highest BCUT2D eigenvalue weighted by atomic mass is 16.6. The third kappa shape index (κ3) is 3.47. The first-order chi connectivity index (χ1) is 8.87. The lowest BCUT2D eigenvalue weighted by atomic mass is 10.0. The molecular weight excluding hydrogens is 240 g/mol. The maximum atomic E-state index is 12.2. The van der Waals surface area contributed by atoms with E-state index in [0.717, 1.165) is 12.0 Å². The van der Waals surface area contributed by atoms with Crippen LogP contribution in [0.2, 0.25) is 0 Å². The largest absolute Gasteiger partial charge is 0.444 e. The number of nitrogens with two attached hydrogens (primary N) is 1. The van der Waals surface area contributed by atoms with Gasteiger partial charge in [-0.25, -0.2) is 4.79 Å². The normalized spacial score (nSPS) is 23.5. The Labute approximate surface area is 114 Å². The van der Waals surface area contributed by atoms with Gasteiger partial charge in [-0.05, 0) is 32.8 Å². The minimum Gasteiger partial charge on any atom is -0.444 e. The molecule has 0 bridgehead atoms. The molecule has 1 aliphatic rings. The molecule has 2 atom stereocenters. The lowest BCUT2D eigenvalue weighted by molar-refractivity contribution is 0.0223. The van der Waals surface area contributed by atoms with Gasteiger partial charge in [0.2, 0.25) is 0 Å². The summed E-state index contributed by atoms with van der Waals surface area (Å²) in [5, 5.41) is 0. The first kappa shape index (κ1) is 13.9. The molecule has 2 N–H and O–H groups in total. The SMILES string of the molecule is CC(C)(C)OC(=O)N1C[C@H](N)C[C@H]1c1ccccc1. The van der Waals surface area contributed by atoms with Gasteiger partial charge >= 0.3 is 6.09 Å². The van der Waals surface area contributed by atoms with Crippen LogP contribution < -0.4 is 5.73 Å². The topological polar surface area (TPSA) is 55.6 Å². The molecule has 1 saturated heterocycles. The summed E-state index contributed by atoms with van der Waals surface area (Å²) in [6.45, 7) is 6.17. The van der Waals surface area contributed by atoms with E-state index in [1.807, 2.05) is 51.1 Å². The third-order valence-corrected chi connectivity index (χ3v) is 3.15. The van der Waals surface area contributed by atoms with Gasteiger partial charge in [-0.2, -0.15) is 0 Å². The number of rotatable bonds is 1. The van der Waals surface area contributed by atoms with Gasteiger partial charge < -0.3 is 10.5 Å². The first-order valence-electron chi connectivity index (χ1n) is 6.67. The Morgan fingerprint density at radius 2 is 1.95 bits per heavy atom. The Morgan fingerprint density at radius 3 is 2.53 bits per heavy atom. The molecule has 1 aromatic carbocycles. The predicted octanol–water partition coefficient (Wildman–Crippen LogP) is 2.70. The van der Waals surface area contributed by atoms with E-state index in [-0.39, 0.29) is 18.2 Å². The van der Waals surface area contributed by atoms with Crippen molar-refractivity contribution in [3.8, 4) is 0 Å². The zero-order chi connectivity index (χ0) is 14.0. The lowest BCUT2D eigenvalue weighted by Gasteiger charge is -2.28. The quantitative estimate of drug-likeness (QED) is 0.846. The average molecular weight is 262 g/mol. The lowest BCUT2D eigenvalue weighted by Crippen LogP contribution is -2.38. The van der Waals surface area contributed by atoms with E-state index in [0.29, 0.717) is 6.54 Å². The van der Waals surface area contributed by atoms with Crippen LogP contribution in [-0.4, -0.2) is 29.2 Å². The Balaban J connectivity index is 2.16. The second-order valence-electron chi connectivity index (χ2n) is 6.05. The second-order valence-corrected chi connectivity index (χ2v) is 6.05. The fourth-order valence-corrected chi connectivity index (χ4v) is 2.38. The molecule has 0 saturated carbocycles. The van der Waals surface area contributed by atoms with E-state index in [9.17, 15) is 4.79 Å². The number of hydrogen-bond donors (Lipinski definition) is 1. The van der Waals surface area contributed by atoms with Crippen molar-refractivity contribution in [2.45, 2.75) is 44.9 Å². The zero-order valence-electron chi connectivity index (χ0n) is 11.8. The van der Waals surface area contributed by atoms with Crippen molar-refractivity contribution in [3.05, 3.63) is 35.9 Å². The molecule has 1 amide bonds. The van der Waals surface area contributed by atoms with Gasteiger partial charge in [0.15, 0.2) is 0 Å². The number of nitrogens with zero attached hydrogens (tertiary/aromatic N) is 1. The summed E-state index contributed by atoms with van der Waals surface area (Å²) in [6.07, 6.45) is 0.498. The molecule has 4 nitrogen and oxygen atoms in total. The molecule has 0 spiro atoms. The van der Waals surface area contributed by atoms with Crippen molar-refractivity contribution < 1.29 is 9.53 Å². The molecule has 104 valence electrons. The van der Waals surface area contributed by atoms with Crippen LogP contribution in [-0.2, 0) is 4.74 Å². The maximum Gasteiger partial charge on any atom is 0.410 e. The molecule has 4 heteroatoms. The molecule has 1 aliphatic heterocycles. The summed E-state index contributed by atoms with van der Waals surface area (Å²) in [5.74, 6) is 0. The second kappa shape index (κ2) is 5.21. The summed E-state index contributed by atoms with van der Waals surface area (Å²) < 4.78 is 5.45. The smallest absolute Gasteiger partial charge is 0.410 e. The molecule has 0 aliphatic carbocycles. The van der Waals surface area contributed by atoms with Gasteiger partial charge in [0.25, 0.3) is 0 Å². The fourth-order valence-electron chi connectivity index (χ4n) is 2.38. The fraction of sp³-hybridized carbons (Fsp3) is 0.533. The van der Waals surface area contributed by atoms with Gasteiger partial charge in [0.1, 0.15) is 5.60 Å². The summed E-state index contributed by atoms with van der Waals surface area (Å²) >= 11 is 0. The Morgan fingerprint density at radius 1 is 1.32 bits per heavy atom. The number of benzene rings is 1. The maximum absolute atomic E-state index is 12.2. The number of likely N-dealkylation sites (tertiary alicyclic amines) is 1. The van der Waals surface area contributed by atoms with Crippen molar-refractivity contribution in [1.29, 1.82) is 0 Å². The third-order valence-electron chi connectivity index (χ3n) is 3.15. The van der Waals surface area contributed by atoms with Gasteiger partial charge in [-0.1, -0.05) is 30.3 Å². The minimum atomic E-state index is -0.481. The number of ether oxygens (including phenoxy) is 1. The number of hydrogen-bond acceptors (Lipinski definition) is 3. The zero-order valence-corrected chi connectivity index (χ0v) is 11.8. The van der Waals surface area contributed by atoms with Gasteiger partial charge in [0, 0.05) is 12.6 Å². The van der Waals surface area contributed by atoms with Crippen LogP contribution in [0.25, 0.3) is 0 Å². The molecule has 0 radical (unpaired) electrons. The Kier molecular flexibility index (Phi) is 3.80. The Hall–Kier alpha value is -1.55. The number of carbonyl (C=O) groups is 1. The van der Waals surface area contributed by atoms with E-state index in [1.54, 1.807) is 4.90 Å². The minimum absolute atomic E-state index is 0.0118. The highest BCUT2D eigenvalue weighted by molar-refractivity contribution is 5.69. The van der Waals surface area contributed by atoms with Crippen LogP contribution in [0.3, 0.4) is 0 Å². The summed E-state index contributed by atoms with van der Waals surface area (Å²) in [6, 6.07) is 10.0. The first-order valence-corrected chi connectivity index (χ1v) is 6.67. The number of amides is 1. The van der Waals surface area contributed by atoms with Crippen molar-refractivity contribution >= 4 is 6.09 Å².